The number of anilines is 1. The first-order valence-corrected chi connectivity index (χ1v) is 8.42. The van der Waals surface area contributed by atoms with Crippen LogP contribution in [0.2, 0.25) is 5.02 Å². The zero-order valence-electron chi connectivity index (χ0n) is 12.5. The molecule has 0 bridgehead atoms. The average Bonchev–Trinajstić information content (AvgIpc) is 2.53. The SMILES string of the molecule is CNC(=O)c1cccc(NS(=O)(=O)c2ccc(OC)c(Cl)c2)c1. The first-order valence-electron chi connectivity index (χ1n) is 6.56. The van der Waals surface area contributed by atoms with Crippen molar-refractivity contribution < 1.29 is 17.9 Å². The van der Waals surface area contributed by atoms with Crippen LogP contribution in [0.25, 0.3) is 0 Å². The number of carbonyl (C=O) groups is 1. The number of halogens is 1. The Morgan fingerprint density at radius 3 is 2.52 bits per heavy atom. The Balaban J connectivity index is 2.31. The van der Waals surface area contributed by atoms with Crippen molar-refractivity contribution in [2.24, 2.45) is 0 Å². The summed E-state index contributed by atoms with van der Waals surface area (Å²) in [4.78, 5) is 11.6. The fourth-order valence-corrected chi connectivity index (χ4v) is 3.29. The minimum absolute atomic E-state index is 0.00588. The predicted molar refractivity (Wildman–Crippen MR) is 88.6 cm³/mol. The van der Waals surface area contributed by atoms with Gasteiger partial charge in [0, 0.05) is 18.3 Å². The number of nitrogens with one attached hydrogen (secondary N) is 2. The monoisotopic (exact) mass is 354 g/mol. The lowest BCUT2D eigenvalue weighted by Crippen LogP contribution is -2.18. The Morgan fingerprint density at radius 1 is 1.17 bits per heavy atom. The quantitative estimate of drug-likeness (QED) is 0.864. The van der Waals surface area contributed by atoms with Crippen molar-refractivity contribution in [1.82, 2.24) is 5.32 Å². The standard InChI is InChI=1S/C15H15ClN2O4S/c1-17-15(19)10-4-3-5-11(8-10)18-23(20,21)12-6-7-14(22-2)13(16)9-12/h3-9,18H,1-2H3,(H,17,19). The number of ether oxygens (including phenoxy) is 1. The molecule has 0 spiro atoms. The number of hydrogen-bond acceptors (Lipinski definition) is 4. The number of benzene rings is 2. The average molecular weight is 355 g/mol. The molecule has 6 nitrogen and oxygen atoms in total. The van der Waals surface area contributed by atoms with Crippen LogP contribution in [0.5, 0.6) is 5.75 Å². The van der Waals surface area contributed by atoms with Crippen molar-refractivity contribution in [2.75, 3.05) is 18.9 Å². The molecule has 0 heterocycles. The molecule has 0 saturated carbocycles. The van der Waals surface area contributed by atoms with Crippen LogP contribution in [0.1, 0.15) is 10.4 Å². The molecule has 0 saturated heterocycles. The number of rotatable bonds is 5. The van der Waals surface area contributed by atoms with E-state index in [1.165, 1.54) is 38.4 Å². The summed E-state index contributed by atoms with van der Waals surface area (Å²) in [6.45, 7) is 0. The van der Waals surface area contributed by atoms with Crippen molar-refractivity contribution in [3.8, 4) is 5.75 Å². The van der Waals surface area contributed by atoms with E-state index < -0.39 is 10.0 Å². The molecule has 1 amide bonds. The molecule has 2 aromatic rings. The molecule has 0 fully saturated rings. The Bertz CT molecular complexity index is 837. The second-order valence-electron chi connectivity index (χ2n) is 4.56. The third-order valence-corrected chi connectivity index (χ3v) is 4.71. The third kappa shape index (κ3) is 3.94. The summed E-state index contributed by atoms with van der Waals surface area (Å²) in [5.74, 6) is 0.0748. The summed E-state index contributed by atoms with van der Waals surface area (Å²) in [5.41, 5.74) is 0.624. The zero-order valence-corrected chi connectivity index (χ0v) is 14.0. The largest absolute Gasteiger partial charge is 0.495 e. The summed E-state index contributed by atoms with van der Waals surface area (Å²) in [7, 11) is -0.891. The highest BCUT2D eigenvalue weighted by Gasteiger charge is 2.17. The zero-order chi connectivity index (χ0) is 17.0. The highest BCUT2D eigenvalue weighted by molar-refractivity contribution is 7.92. The van der Waals surface area contributed by atoms with Crippen LogP contribution in [-0.2, 0) is 10.0 Å². The minimum atomic E-state index is -3.83. The van der Waals surface area contributed by atoms with Gasteiger partial charge in [0.2, 0.25) is 0 Å². The van der Waals surface area contributed by atoms with Gasteiger partial charge in [-0.1, -0.05) is 17.7 Å². The van der Waals surface area contributed by atoms with Gasteiger partial charge in [0.25, 0.3) is 15.9 Å². The van der Waals surface area contributed by atoms with Crippen molar-refractivity contribution in [3.63, 3.8) is 0 Å². The van der Waals surface area contributed by atoms with Crippen LogP contribution in [0.15, 0.2) is 47.4 Å². The van der Waals surface area contributed by atoms with Crippen molar-refractivity contribution in [3.05, 3.63) is 53.1 Å². The maximum absolute atomic E-state index is 12.4. The molecule has 0 aromatic heterocycles. The molecular weight excluding hydrogens is 340 g/mol. The van der Waals surface area contributed by atoms with Gasteiger partial charge in [-0.05, 0) is 36.4 Å². The van der Waals surface area contributed by atoms with Crippen molar-refractivity contribution in [1.29, 1.82) is 0 Å². The van der Waals surface area contributed by atoms with E-state index in [0.717, 1.165) is 0 Å². The van der Waals surface area contributed by atoms with E-state index >= 15 is 0 Å². The fraction of sp³-hybridized carbons (Fsp3) is 0.133. The molecule has 0 aliphatic rings. The van der Waals surface area contributed by atoms with Crippen LogP contribution in [0.4, 0.5) is 5.69 Å². The van der Waals surface area contributed by atoms with Crippen LogP contribution in [0, 0.1) is 0 Å². The number of hydrogen-bond donors (Lipinski definition) is 2. The second-order valence-corrected chi connectivity index (χ2v) is 6.65. The van der Waals surface area contributed by atoms with Gasteiger partial charge in [0.05, 0.1) is 17.0 Å². The number of methoxy groups -OCH3 is 1. The van der Waals surface area contributed by atoms with Gasteiger partial charge < -0.3 is 10.1 Å². The first-order chi connectivity index (χ1) is 10.9. The summed E-state index contributed by atoms with van der Waals surface area (Å²) in [6, 6.07) is 10.3. The minimum Gasteiger partial charge on any atom is -0.495 e. The van der Waals surface area contributed by atoms with Gasteiger partial charge in [0.1, 0.15) is 5.75 Å². The van der Waals surface area contributed by atoms with Crippen molar-refractivity contribution in [2.45, 2.75) is 4.90 Å². The van der Waals surface area contributed by atoms with Crippen molar-refractivity contribution >= 4 is 33.2 Å². The Kier molecular flexibility index (Phi) is 5.12. The van der Waals surface area contributed by atoms with Crippen LogP contribution < -0.4 is 14.8 Å². The molecule has 2 N–H and O–H groups in total. The maximum Gasteiger partial charge on any atom is 0.261 e. The number of carbonyl (C=O) groups excluding carboxylic acids is 1. The lowest BCUT2D eigenvalue weighted by atomic mass is 10.2. The van der Waals surface area contributed by atoms with Gasteiger partial charge in [0.15, 0.2) is 0 Å². The number of sulfonamides is 1. The predicted octanol–water partition coefficient (Wildman–Crippen LogP) is 2.51. The Hall–Kier alpha value is -2.25. The van der Waals surface area contributed by atoms with E-state index in [4.69, 9.17) is 16.3 Å². The molecule has 0 radical (unpaired) electrons. The molecule has 0 aliphatic heterocycles. The molecule has 0 atom stereocenters. The normalized spacial score (nSPS) is 10.9. The molecule has 8 heteroatoms. The van der Waals surface area contributed by atoms with E-state index in [-0.39, 0.29) is 21.5 Å². The van der Waals surface area contributed by atoms with Crippen LogP contribution in [0.3, 0.4) is 0 Å². The molecule has 23 heavy (non-hydrogen) atoms. The van der Waals surface area contributed by atoms with E-state index in [1.807, 2.05) is 0 Å². The Labute approximate surface area is 139 Å². The van der Waals surface area contributed by atoms with E-state index in [9.17, 15) is 13.2 Å². The van der Waals surface area contributed by atoms with Gasteiger partial charge >= 0.3 is 0 Å². The van der Waals surface area contributed by atoms with Gasteiger partial charge in [-0.25, -0.2) is 8.42 Å². The lowest BCUT2D eigenvalue weighted by molar-refractivity contribution is 0.0963. The molecule has 2 rings (SSSR count). The summed E-state index contributed by atoms with van der Waals surface area (Å²) in [6.07, 6.45) is 0. The van der Waals surface area contributed by atoms with E-state index in [1.54, 1.807) is 18.2 Å². The van der Waals surface area contributed by atoms with Crippen LogP contribution in [-0.4, -0.2) is 28.5 Å². The summed E-state index contributed by atoms with van der Waals surface area (Å²) in [5, 5.41) is 2.66. The lowest BCUT2D eigenvalue weighted by Gasteiger charge is -2.10. The molecule has 2 aromatic carbocycles. The fourth-order valence-electron chi connectivity index (χ4n) is 1.90. The van der Waals surface area contributed by atoms with Gasteiger partial charge in [-0.3, -0.25) is 9.52 Å². The van der Waals surface area contributed by atoms with Gasteiger partial charge in [-0.15, -0.1) is 0 Å². The van der Waals surface area contributed by atoms with E-state index in [0.29, 0.717) is 11.3 Å². The van der Waals surface area contributed by atoms with Gasteiger partial charge in [-0.2, -0.15) is 0 Å². The smallest absolute Gasteiger partial charge is 0.261 e. The third-order valence-electron chi connectivity index (χ3n) is 3.04. The van der Waals surface area contributed by atoms with E-state index in [2.05, 4.69) is 10.0 Å². The molecule has 0 unspecified atom stereocenters. The highest BCUT2D eigenvalue weighted by atomic mass is 35.5. The summed E-state index contributed by atoms with van der Waals surface area (Å²) < 4.78 is 32.2. The summed E-state index contributed by atoms with van der Waals surface area (Å²) >= 11 is 5.95. The Morgan fingerprint density at radius 2 is 1.91 bits per heavy atom. The van der Waals surface area contributed by atoms with Crippen LogP contribution >= 0.6 is 11.6 Å². The maximum atomic E-state index is 12.4. The molecule has 0 aliphatic carbocycles. The first kappa shape index (κ1) is 17.1. The molecule has 122 valence electrons. The topological polar surface area (TPSA) is 84.5 Å². The highest BCUT2D eigenvalue weighted by Crippen LogP contribution is 2.28. The molecular formula is C15H15ClN2O4S. The number of amides is 1. The second kappa shape index (κ2) is 6.89.